The molecule has 0 atom stereocenters. The molecule has 0 bridgehead atoms. The van der Waals surface area contributed by atoms with Crippen molar-refractivity contribution in [3.05, 3.63) is 0 Å². The van der Waals surface area contributed by atoms with Crippen LogP contribution in [0.25, 0.3) is 0 Å². The molecule has 4 heteroatoms. The molecule has 0 amide bonds. The summed E-state index contributed by atoms with van der Waals surface area (Å²) < 4.78 is 10.3. The van der Waals surface area contributed by atoms with E-state index in [0.717, 1.165) is 4.48 Å². The number of rotatable bonds is 0. The molecule has 0 saturated heterocycles. The zero-order valence-electron chi connectivity index (χ0n) is 5.50. The van der Waals surface area contributed by atoms with E-state index in [9.17, 15) is 3.02 Å². The zero-order chi connectivity index (χ0) is 6.50. The quantitative estimate of drug-likeness (QED) is 0.319. The fourth-order valence-electron chi connectivity index (χ4n) is 0. The van der Waals surface area contributed by atoms with Gasteiger partial charge in [0.05, 0.1) is 28.2 Å². The molecule has 0 aromatic heterocycles. The molecular formula is C4H12AgF2N. The maximum absolute atomic E-state index is 9.31. The Morgan fingerprint density at radius 3 is 1.00 bits per heavy atom. The fraction of sp³-hybridized carbons (Fsp3) is 1.00. The van der Waals surface area contributed by atoms with Crippen LogP contribution in [0.3, 0.4) is 0 Å². The van der Waals surface area contributed by atoms with Crippen LogP contribution in [0.5, 0.6) is 0 Å². The molecule has 0 rings (SSSR count). The van der Waals surface area contributed by atoms with Gasteiger partial charge in [-0.25, -0.2) is 0 Å². The van der Waals surface area contributed by atoms with Gasteiger partial charge in [0, 0.05) is 0 Å². The van der Waals surface area contributed by atoms with E-state index in [2.05, 4.69) is 28.2 Å². The summed E-state index contributed by atoms with van der Waals surface area (Å²) in [6, 6.07) is 0. The topological polar surface area (TPSA) is 0 Å². The van der Waals surface area contributed by atoms with Crippen LogP contribution in [-0.2, 0) is 21.6 Å². The second-order valence-electron chi connectivity index (χ2n) is 2.68. The van der Waals surface area contributed by atoms with Crippen LogP contribution in [0, 0.1) is 0 Å². The van der Waals surface area contributed by atoms with Gasteiger partial charge in [-0.1, -0.05) is 0 Å². The third-order valence-electron chi connectivity index (χ3n) is 0. The van der Waals surface area contributed by atoms with Crippen molar-refractivity contribution in [2.75, 3.05) is 28.2 Å². The Labute approximate surface area is 62.4 Å². The molecule has 0 radical (unpaired) electrons. The Hall–Kier alpha value is 0.560. The van der Waals surface area contributed by atoms with Gasteiger partial charge in [0.2, 0.25) is 0 Å². The summed E-state index contributed by atoms with van der Waals surface area (Å²) in [6.45, 7) is 0. The van der Waals surface area contributed by atoms with Gasteiger partial charge >= 0.3 is 24.6 Å². The Balaban J connectivity index is -0.0000000750. The van der Waals surface area contributed by atoms with Gasteiger partial charge in [0.15, 0.2) is 0 Å². The number of nitrogens with zero attached hydrogens (tertiary/aromatic N) is 1. The van der Waals surface area contributed by atoms with E-state index in [1.807, 2.05) is 0 Å². The SMILES string of the molecule is C[N+](C)(C)C.[F-].[F][Ag]. The van der Waals surface area contributed by atoms with Crippen molar-refractivity contribution in [3.63, 3.8) is 0 Å². The summed E-state index contributed by atoms with van der Waals surface area (Å²) in [7, 11) is 8.50. The first kappa shape index (κ1) is 15.8. The predicted molar refractivity (Wildman–Crippen MR) is 25.1 cm³/mol. The van der Waals surface area contributed by atoms with Crippen molar-refractivity contribution >= 4 is 0 Å². The van der Waals surface area contributed by atoms with Gasteiger partial charge in [-0.15, -0.1) is 0 Å². The predicted octanol–water partition coefficient (Wildman–Crippen LogP) is -2.26. The molecule has 0 spiro atoms. The zero-order valence-corrected chi connectivity index (χ0v) is 6.99. The van der Waals surface area contributed by atoms with Gasteiger partial charge in [0.1, 0.15) is 0 Å². The minimum atomic E-state index is 0. The van der Waals surface area contributed by atoms with Crippen molar-refractivity contribution in [1.29, 1.82) is 0 Å². The molecule has 0 aliphatic carbocycles. The van der Waals surface area contributed by atoms with E-state index in [1.54, 1.807) is 0 Å². The molecule has 0 aliphatic rings. The van der Waals surface area contributed by atoms with Crippen LogP contribution in [0.15, 0.2) is 0 Å². The van der Waals surface area contributed by atoms with Crippen molar-refractivity contribution in [3.8, 4) is 0 Å². The summed E-state index contributed by atoms with van der Waals surface area (Å²) in [5.74, 6) is 0. The molecule has 0 N–H and O–H groups in total. The molecule has 0 unspecified atom stereocenters. The van der Waals surface area contributed by atoms with Crippen molar-refractivity contribution in [2.24, 2.45) is 0 Å². The molecule has 8 heavy (non-hydrogen) atoms. The van der Waals surface area contributed by atoms with E-state index in [4.69, 9.17) is 0 Å². The third-order valence-corrected chi connectivity index (χ3v) is 0. The van der Waals surface area contributed by atoms with E-state index in [0.29, 0.717) is 0 Å². The molecule has 0 fully saturated rings. The van der Waals surface area contributed by atoms with Gasteiger partial charge in [-0.2, -0.15) is 0 Å². The standard InChI is InChI=1S/C4H12N.Ag.2FH/c1-5(2,3)4;;;/h1-4H3;;2*1H/q2*+1;;/p-2. The van der Waals surface area contributed by atoms with Crippen LogP contribution in [-0.4, -0.2) is 32.7 Å². The second kappa shape index (κ2) is 7.56. The number of hydrogen-bond acceptors (Lipinski definition) is 0. The first-order chi connectivity index (χ1) is 3.00. The van der Waals surface area contributed by atoms with Gasteiger partial charge in [-0.05, 0) is 0 Å². The Morgan fingerprint density at radius 2 is 1.00 bits per heavy atom. The summed E-state index contributed by atoms with van der Waals surface area (Å²) in [5, 5.41) is 0. The van der Waals surface area contributed by atoms with Crippen molar-refractivity contribution < 1.29 is 33.8 Å². The summed E-state index contributed by atoms with van der Waals surface area (Å²) >= 11 is 1.45. The first-order valence-corrected chi connectivity index (χ1v) is 2.46. The average molecular weight is 220 g/mol. The maximum atomic E-state index is 9.31. The van der Waals surface area contributed by atoms with E-state index in [1.165, 1.54) is 21.6 Å². The Morgan fingerprint density at radius 1 is 1.00 bits per heavy atom. The summed E-state index contributed by atoms with van der Waals surface area (Å²) in [6.07, 6.45) is 0. The fourth-order valence-corrected chi connectivity index (χ4v) is 0. The Bertz CT molecular complexity index is 29.5. The van der Waals surface area contributed by atoms with Crippen LogP contribution in [0.2, 0.25) is 0 Å². The number of halogens is 2. The van der Waals surface area contributed by atoms with Crippen LogP contribution >= 0.6 is 0 Å². The van der Waals surface area contributed by atoms with Crippen LogP contribution < -0.4 is 4.70 Å². The summed E-state index contributed by atoms with van der Waals surface area (Å²) in [5.41, 5.74) is 0. The van der Waals surface area contributed by atoms with Crippen LogP contribution in [0.4, 0.5) is 3.02 Å². The van der Waals surface area contributed by atoms with Crippen LogP contribution in [0.1, 0.15) is 0 Å². The van der Waals surface area contributed by atoms with Crippen molar-refractivity contribution in [1.82, 2.24) is 0 Å². The van der Waals surface area contributed by atoms with E-state index >= 15 is 0 Å². The Kier molecular flexibility index (Phi) is 15.0. The van der Waals surface area contributed by atoms with Gasteiger partial charge in [0.25, 0.3) is 0 Å². The number of quaternary nitrogens is 1. The molecule has 0 aromatic carbocycles. The molecule has 58 valence electrons. The van der Waals surface area contributed by atoms with Gasteiger partial charge < -0.3 is 9.19 Å². The minimum absolute atomic E-state index is 0. The number of hydrogen-bond donors (Lipinski definition) is 0. The van der Waals surface area contributed by atoms with Crippen molar-refractivity contribution in [2.45, 2.75) is 0 Å². The molecular weight excluding hydrogens is 208 g/mol. The first-order valence-electron chi connectivity index (χ1n) is 1.90. The monoisotopic (exact) mass is 219 g/mol. The van der Waals surface area contributed by atoms with E-state index in [-0.39, 0.29) is 4.70 Å². The van der Waals surface area contributed by atoms with Gasteiger partial charge in [-0.3, -0.25) is 0 Å². The average Bonchev–Trinajstić information content (AvgIpc) is 1.36. The molecule has 0 heterocycles. The molecule has 0 saturated carbocycles. The third kappa shape index (κ3) is 646. The summed E-state index contributed by atoms with van der Waals surface area (Å²) in [4.78, 5) is 0. The molecule has 0 aromatic rings. The normalized spacial score (nSPS) is 8.38. The molecule has 0 aliphatic heterocycles. The second-order valence-corrected chi connectivity index (χ2v) is 2.68. The molecule has 1 nitrogen and oxygen atoms in total. The van der Waals surface area contributed by atoms with E-state index < -0.39 is 0 Å².